The highest BCUT2D eigenvalue weighted by atomic mass is 35.5. The summed E-state index contributed by atoms with van der Waals surface area (Å²) in [4.78, 5) is 11.2. The first-order chi connectivity index (χ1) is 6.59. The number of carbonyl (C=O) groups is 1. The van der Waals surface area contributed by atoms with E-state index < -0.39 is 0 Å². The number of nitrogens with zero attached hydrogens (tertiary/aromatic N) is 1. The molecule has 0 spiro atoms. The summed E-state index contributed by atoms with van der Waals surface area (Å²) in [6, 6.07) is 7.44. The summed E-state index contributed by atoms with van der Waals surface area (Å²) in [6.45, 7) is 0. The van der Waals surface area contributed by atoms with Crippen LogP contribution in [-0.4, -0.2) is 18.0 Å². The maximum atomic E-state index is 11.2. The molecule has 0 atom stereocenters. The number of rotatable bonds is 3. The van der Waals surface area contributed by atoms with Crippen LogP contribution >= 0.6 is 11.6 Å². The van der Waals surface area contributed by atoms with Crippen molar-refractivity contribution in [3.05, 3.63) is 34.9 Å². The van der Waals surface area contributed by atoms with Gasteiger partial charge in [-0.25, -0.2) is 5.84 Å². The van der Waals surface area contributed by atoms with Crippen molar-refractivity contribution in [2.75, 3.05) is 7.05 Å². The van der Waals surface area contributed by atoms with Gasteiger partial charge in [-0.1, -0.05) is 23.7 Å². The Hall–Kier alpha value is -1.06. The highest BCUT2D eigenvalue weighted by molar-refractivity contribution is 6.30. The molecule has 1 aromatic carbocycles. The molecule has 0 saturated carbocycles. The number of hydrazine groups is 1. The summed E-state index contributed by atoms with van der Waals surface area (Å²) < 4.78 is 0. The lowest BCUT2D eigenvalue weighted by Crippen LogP contribution is -2.33. The molecule has 0 aliphatic carbocycles. The number of hydrogen-bond acceptors (Lipinski definition) is 2. The first-order valence-electron chi connectivity index (χ1n) is 4.35. The van der Waals surface area contributed by atoms with E-state index in [-0.39, 0.29) is 5.91 Å². The van der Waals surface area contributed by atoms with Gasteiger partial charge in [0.05, 0.1) is 0 Å². The van der Waals surface area contributed by atoms with Crippen molar-refractivity contribution in [1.29, 1.82) is 0 Å². The van der Waals surface area contributed by atoms with Crippen LogP contribution in [0.25, 0.3) is 0 Å². The van der Waals surface area contributed by atoms with Crippen molar-refractivity contribution in [2.24, 2.45) is 5.84 Å². The van der Waals surface area contributed by atoms with Crippen LogP contribution < -0.4 is 5.84 Å². The third kappa shape index (κ3) is 3.36. The first kappa shape index (κ1) is 11.0. The fraction of sp³-hybridized carbons (Fsp3) is 0.300. The van der Waals surface area contributed by atoms with Gasteiger partial charge in [0.1, 0.15) is 0 Å². The average molecular weight is 213 g/mol. The van der Waals surface area contributed by atoms with Gasteiger partial charge < -0.3 is 0 Å². The molecule has 1 aromatic rings. The molecule has 76 valence electrons. The number of benzene rings is 1. The second-order valence-electron chi connectivity index (χ2n) is 3.13. The molecule has 0 unspecified atom stereocenters. The molecular formula is C10H13ClN2O. The van der Waals surface area contributed by atoms with E-state index in [9.17, 15) is 4.79 Å². The Morgan fingerprint density at radius 3 is 2.50 bits per heavy atom. The Labute approximate surface area is 88.4 Å². The van der Waals surface area contributed by atoms with E-state index in [0.29, 0.717) is 17.9 Å². The molecule has 0 heterocycles. The normalized spacial score (nSPS) is 9.93. The predicted octanol–water partition coefficient (Wildman–Crippen LogP) is 1.60. The zero-order valence-electron chi connectivity index (χ0n) is 8.03. The minimum absolute atomic E-state index is 0.0695. The number of aryl methyl sites for hydroxylation is 1. The number of nitrogens with two attached hydrogens (primary N) is 1. The molecular weight excluding hydrogens is 200 g/mol. The number of carbonyl (C=O) groups excluding carboxylic acids is 1. The van der Waals surface area contributed by atoms with Crippen molar-refractivity contribution < 1.29 is 4.79 Å². The van der Waals surface area contributed by atoms with Gasteiger partial charge in [-0.3, -0.25) is 9.80 Å². The lowest BCUT2D eigenvalue weighted by atomic mass is 10.1. The average Bonchev–Trinajstić information content (AvgIpc) is 2.16. The van der Waals surface area contributed by atoms with Gasteiger partial charge in [-0.05, 0) is 24.1 Å². The highest BCUT2D eigenvalue weighted by Gasteiger charge is 2.04. The Balaban J connectivity index is 2.46. The fourth-order valence-corrected chi connectivity index (χ4v) is 1.20. The van der Waals surface area contributed by atoms with Crippen LogP contribution in [0, 0.1) is 0 Å². The monoisotopic (exact) mass is 212 g/mol. The first-order valence-corrected chi connectivity index (χ1v) is 4.73. The highest BCUT2D eigenvalue weighted by Crippen LogP contribution is 2.10. The Kier molecular flexibility index (Phi) is 3.92. The third-order valence-electron chi connectivity index (χ3n) is 1.93. The zero-order chi connectivity index (χ0) is 10.6. The molecule has 0 bridgehead atoms. The standard InChI is InChI=1S/C10H13ClN2O/c1-13(12)10(14)7-4-8-2-5-9(11)6-3-8/h2-3,5-6H,4,7,12H2,1H3. The number of hydrogen-bond donors (Lipinski definition) is 1. The lowest BCUT2D eigenvalue weighted by molar-refractivity contribution is -0.130. The molecule has 1 amide bonds. The van der Waals surface area contributed by atoms with Crippen molar-refractivity contribution in [2.45, 2.75) is 12.8 Å². The van der Waals surface area contributed by atoms with Gasteiger partial charge in [0.2, 0.25) is 5.91 Å². The molecule has 3 nitrogen and oxygen atoms in total. The molecule has 0 radical (unpaired) electrons. The summed E-state index contributed by atoms with van der Waals surface area (Å²) in [5.74, 6) is 5.22. The molecule has 2 N–H and O–H groups in total. The van der Waals surface area contributed by atoms with Crippen molar-refractivity contribution in [3.8, 4) is 0 Å². The molecule has 4 heteroatoms. The SMILES string of the molecule is CN(N)C(=O)CCc1ccc(Cl)cc1. The molecule has 0 aliphatic rings. The maximum absolute atomic E-state index is 11.2. The molecule has 0 saturated heterocycles. The molecule has 0 fully saturated rings. The van der Waals surface area contributed by atoms with Gasteiger partial charge >= 0.3 is 0 Å². The van der Waals surface area contributed by atoms with Crippen LogP contribution in [0.3, 0.4) is 0 Å². The Morgan fingerprint density at radius 1 is 1.43 bits per heavy atom. The summed E-state index contributed by atoms with van der Waals surface area (Å²) in [5, 5.41) is 1.81. The van der Waals surface area contributed by atoms with E-state index in [2.05, 4.69) is 0 Å². The van der Waals surface area contributed by atoms with Gasteiger partial charge in [0.25, 0.3) is 0 Å². The van der Waals surface area contributed by atoms with E-state index in [0.717, 1.165) is 10.6 Å². The van der Waals surface area contributed by atoms with Gasteiger partial charge in [0.15, 0.2) is 0 Å². The van der Waals surface area contributed by atoms with Gasteiger partial charge in [0, 0.05) is 18.5 Å². The zero-order valence-corrected chi connectivity index (χ0v) is 8.79. The van der Waals surface area contributed by atoms with E-state index in [1.807, 2.05) is 24.3 Å². The predicted molar refractivity (Wildman–Crippen MR) is 56.7 cm³/mol. The summed E-state index contributed by atoms with van der Waals surface area (Å²) in [5.41, 5.74) is 1.09. The molecule has 1 rings (SSSR count). The number of halogens is 1. The van der Waals surface area contributed by atoms with Crippen LogP contribution in [0.15, 0.2) is 24.3 Å². The van der Waals surface area contributed by atoms with E-state index in [1.165, 1.54) is 0 Å². The summed E-state index contributed by atoms with van der Waals surface area (Å²) in [6.07, 6.45) is 1.12. The molecule has 14 heavy (non-hydrogen) atoms. The molecule has 0 aromatic heterocycles. The van der Waals surface area contributed by atoms with Crippen molar-refractivity contribution in [1.82, 2.24) is 5.01 Å². The van der Waals surface area contributed by atoms with E-state index >= 15 is 0 Å². The largest absolute Gasteiger partial charge is 0.284 e. The second-order valence-corrected chi connectivity index (χ2v) is 3.57. The summed E-state index contributed by atoms with van der Waals surface area (Å²) >= 11 is 5.73. The van der Waals surface area contributed by atoms with Crippen molar-refractivity contribution in [3.63, 3.8) is 0 Å². The van der Waals surface area contributed by atoms with Crippen LogP contribution in [0.2, 0.25) is 5.02 Å². The van der Waals surface area contributed by atoms with Crippen LogP contribution in [-0.2, 0) is 11.2 Å². The smallest absolute Gasteiger partial charge is 0.236 e. The van der Waals surface area contributed by atoms with Crippen LogP contribution in [0.4, 0.5) is 0 Å². The van der Waals surface area contributed by atoms with E-state index in [1.54, 1.807) is 7.05 Å². The second kappa shape index (κ2) is 4.98. The minimum Gasteiger partial charge on any atom is -0.284 e. The van der Waals surface area contributed by atoms with Gasteiger partial charge in [-0.15, -0.1) is 0 Å². The van der Waals surface area contributed by atoms with Crippen LogP contribution in [0.5, 0.6) is 0 Å². The third-order valence-corrected chi connectivity index (χ3v) is 2.19. The lowest BCUT2D eigenvalue weighted by Gasteiger charge is -2.09. The Bertz CT molecular complexity index is 308. The summed E-state index contributed by atoms with van der Waals surface area (Å²) in [7, 11) is 1.55. The fourth-order valence-electron chi connectivity index (χ4n) is 1.08. The van der Waals surface area contributed by atoms with Crippen molar-refractivity contribution >= 4 is 17.5 Å². The van der Waals surface area contributed by atoms with Gasteiger partial charge in [-0.2, -0.15) is 0 Å². The topological polar surface area (TPSA) is 46.3 Å². The number of amides is 1. The molecule has 0 aliphatic heterocycles. The Morgan fingerprint density at radius 2 is 2.00 bits per heavy atom. The van der Waals surface area contributed by atoms with E-state index in [4.69, 9.17) is 17.4 Å². The minimum atomic E-state index is -0.0695. The quantitative estimate of drug-likeness (QED) is 0.470. The van der Waals surface area contributed by atoms with Crippen LogP contribution in [0.1, 0.15) is 12.0 Å². The maximum Gasteiger partial charge on any atom is 0.236 e.